The summed E-state index contributed by atoms with van der Waals surface area (Å²) in [5.74, 6) is 2.58. The van der Waals surface area contributed by atoms with E-state index in [9.17, 15) is 4.79 Å². The third-order valence-corrected chi connectivity index (χ3v) is 4.53. The van der Waals surface area contributed by atoms with E-state index in [1.165, 1.54) is 44.1 Å². The van der Waals surface area contributed by atoms with Crippen molar-refractivity contribution in [3.8, 4) is 0 Å². The second-order valence-corrected chi connectivity index (χ2v) is 7.96. The molecule has 2 unspecified atom stereocenters. The monoisotopic (exact) mass is 308 g/mol. The van der Waals surface area contributed by atoms with Crippen LogP contribution in [-0.4, -0.2) is 5.78 Å². The zero-order valence-electron chi connectivity index (χ0n) is 16.1. The van der Waals surface area contributed by atoms with E-state index in [-0.39, 0.29) is 0 Å². The van der Waals surface area contributed by atoms with Gasteiger partial charge in [-0.1, -0.05) is 65.0 Å². The van der Waals surface area contributed by atoms with Gasteiger partial charge in [0.1, 0.15) is 5.78 Å². The number of rotatable bonds is 13. The number of carbonyl (C=O) groups is 1. The normalized spacial score (nSPS) is 15.1. The molecule has 0 amide bonds. The lowest BCUT2D eigenvalue weighted by atomic mass is 9.94. The topological polar surface area (TPSA) is 17.1 Å². The minimum Gasteiger partial charge on any atom is -0.300 e. The fraction of sp³-hybridized carbons (Fsp3) is 0.857. The number of hydrogen-bond donors (Lipinski definition) is 0. The SMILES string of the molecule is CC(=O)CC(C)CC/C=C(/C)CCCC(C)CCCC(C)C. The first kappa shape index (κ1) is 21.4. The van der Waals surface area contributed by atoms with Crippen molar-refractivity contribution in [1.82, 2.24) is 0 Å². The summed E-state index contributed by atoms with van der Waals surface area (Å²) in [4.78, 5) is 11.1. The highest BCUT2D eigenvalue weighted by Crippen LogP contribution is 2.20. The fourth-order valence-electron chi connectivity index (χ4n) is 3.06. The van der Waals surface area contributed by atoms with Crippen molar-refractivity contribution in [2.45, 2.75) is 99.3 Å². The van der Waals surface area contributed by atoms with Gasteiger partial charge in [-0.2, -0.15) is 0 Å². The van der Waals surface area contributed by atoms with Crippen LogP contribution in [0.1, 0.15) is 99.3 Å². The second kappa shape index (κ2) is 12.9. The number of hydrogen-bond acceptors (Lipinski definition) is 1. The molecular formula is C21H40O. The first-order valence-electron chi connectivity index (χ1n) is 9.46. The first-order valence-corrected chi connectivity index (χ1v) is 9.46. The van der Waals surface area contributed by atoms with Crippen molar-refractivity contribution in [3.05, 3.63) is 11.6 Å². The Morgan fingerprint density at radius 1 is 0.864 bits per heavy atom. The minimum absolute atomic E-state index is 0.319. The summed E-state index contributed by atoms with van der Waals surface area (Å²) in [6.45, 7) is 13.2. The Morgan fingerprint density at radius 2 is 1.50 bits per heavy atom. The molecule has 0 aliphatic carbocycles. The van der Waals surface area contributed by atoms with Crippen LogP contribution in [-0.2, 0) is 4.79 Å². The largest absolute Gasteiger partial charge is 0.300 e. The van der Waals surface area contributed by atoms with Gasteiger partial charge < -0.3 is 4.79 Å². The van der Waals surface area contributed by atoms with Crippen LogP contribution >= 0.6 is 0 Å². The van der Waals surface area contributed by atoms with Gasteiger partial charge >= 0.3 is 0 Å². The third-order valence-electron chi connectivity index (χ3n) is 4.53. The lowest BCUT2D eigenvalue weighted by Gasteiger charge is -2.12. The van der Waals surface area contributed by atoms with Crippen LogP contribution in [0.25, 0.3) is 0 Å². The quantitative estimate of drug-likeness (QED) is 0.336. The lowest BCUT2D eigenvalue weighted by Crippen LogP contribution is -2.01. The molecule has 0 aromatic carbocycles. The Balaban J connectivity index is 3.68. The number of ketones is 1. The van der Waals surface area contributed by atoms with Crippen molar-refractivity contribution < 1.29 is 4.79 Å². The summed E-state index contributed by atoms with van der Waals surface area (Å²) in [6.07, 6.45) is 13.5. The lowest BCUT2D eigenvalue weighted by molar-refractivity contribution is -0.117. The molecular weight excluding hydrogens is 268 g/mol. The number of Topliss-reactive ketones (excluding diaryl/α,β-unsaturated/α-hetero) is 1. The molecule has 0 rings (SSSR count). The molecule has 0 spiro atoms. The maximum Gasteiger partial charge on any atom is 0.130 e. The number of allylic oxidation sites excluding steroid dienone is 2. The molecule has 22 heavy (non-hydrogen) atoms. The highest BCUT2D eigenvalue weighted by Gasteiger charge is 2.05. The molecule has 0 aliphatic rings. The van der Waals surface area contributed by atoms with Gasteiger partial charge in [0.15, 0.2) is 0 Å². The molecule has 0 heterocycles. The highest BCUT2D eigenvalue weighted by atomic mass is 16.1. The smallest absolute Gasteiger partial charge is 0.130 e. The Hall–Kier alpha value is -0.590. The molecule has 1 heteroatoms. The summed E-state index contributed by atoms with van der Waals surface area (Å²) in [7, 11) is 0. The van der Waals surface area contributed by atoms with Gasteiger partial charge in [0.2, 0.25) is 0 Å². The zero-order chi connectivity index (χ0) is 17.0. The zero-order valence-corrected chi connectivity index (χ0v) is 16.1. The maximum atomic E-state index is 11.1. The van der Waals surface area contributed by atoms with E-state index in [2.05, 4.69) is 40.7 Å². The predicted octanol–water partition coefficient (Wildman–Crippen LogP) is 6.96. The molecule has 0 saturated heterocycles. The average Bonchev–Trinajstić information content (AvgIpc) is 2.37. The summed E-state index contributed by atoms with van der Waals surface area (Å²) in [5.41, 5.74) is 1.53. The van der Waals surface area contributed by atoms with Crippen LogP contribution in [0.15, 0.2) is 11.6 Å². The van der Waals surface area contributed by atoms with E-state index in [0.29, 0.717) is 11.7 Å². The van der Waals surface area contributed by atoms with Crippen LogP contribution in [0.2, 0.25) is 0 Å². The van der Waals surface area contributed by atoms with Crippen LogP contribution in [0.4, 0.5) is 0 Å². The van der Waals surface area contributed by atoms with Gasteiger partial charge in [0.25, 0.3) is 0 Å². The van der Waals surface area contributed by atoms with Gasteiger partial charge in [-0.25, -0.2) is 0 Å². The van der Waals surface area contributed by atoms with Crippen molar-refractivity contribution in [2.75, 3.05) is 0 Å². The molecule has 0 N–H and O–H groups in total. The molecule has 0 fully saturated rings. The molecule has 0 saturated carbocycles. The molecule has 2 atom stereocenters. The summed E-state index contributed by atoms with van der Waals surface area (Å²) in [5, 5.41) is 0. The maximum absolute atomic E-state index is 11.1. The molecule has 0 aromatic rings. The van der Waals surface area contributed by atoms with Crippen LogP contribution in [0.3, 0.4) is 0 Å². The fourth-order valence-corrected chi connectivity index (χ4v) is 3.06. The molecule has 1 nitrogen and oxygen atoms in total. The van der Waals surface area contributed by atoms with E-state index in [0.717, 1.165) is 31.1 Å². The Morgan fingerprint density at radius 3 is 2.09 bits per heavy atom. The molecule has 0 aliphatic heterocycles. The van der Waals surface area contributed by atoms with Crippen LogP contribution in [0.5, 0.6) is 0 Å². The van der Waals surface area contributed by atoms with Gasteiger partial charge in [-0.05, 0) is 57.3 Å². The summed E-state index contributed by atoms with van der Waals surface area (Å²) >= 11 is 0. The van der Waals surface area contributed by atoms with E-state index < -0.39 is 0 Å². The van der Waals surface area contributed by atoms with Crippen molar-refractivity contribution in [3.63, 3.8) is 0 Å². The summed E-state index contributed by atoms with van der Waals surface area (Å²) in [6, 6.07) is 0. The van der Waals surface area contributed by atoms with Gasteiger partial charge in [0, 0.05) is 6.42 Å². The summed E-state index contributed by atoms with van der Waals surface area (Å²) < 4.78 is 0. The predicted molar refractivity (Wildman–Crippen MR) is 99.2 cm³/mol. The number of carbonyl (C=O) groups excluding carboxylic acids is 1. The van der Waals surface area contributed by atoms with Gasteiger partial charge in [-0.15, -0.1) is 0 Å². The first-order chi connectivity index (χ1) is 10.3. The standard InChI is InChI=1S/C21H40O/c1-17(2)10-7-11-18(3)12-8-13-19(4)14-9-15-20(5)16-21(6)22/h14,17-18,20H,7-13,15-16H2,1-6H3/b19-14-. The van der Waals surface area contributed by atoms with Gasteiger partial charge in [-0.3, -0.25) is 0 Å². The highest BCUT2D eigenvalue weighted by molar-refractivity contribution is 5.75. The molecule has 0 aromatic heterocycles. The van der Waals surface area contributed by atoms with Crippen molar-refractivity contribution >= 4 is 5.78 Å². The molecule has 0 radical (unpaired) electrons. The molecule has 0 bridgehead atoms. The van der Waals surface area contributed by atoms with E-state index in [1.807, 2.05) is 0 Å². The Labute approximate surface area is 140 Å². The van der Waals surface area contributed by atoms with Gasteiger partial charge in [0.05, 0.1) is 0 Å². The van der Waals surface area contributed by atoms with Crippen LogP contribution < -0.4 is 0 Å². The van der Waals surface area contributed by atoms with E-state index in [1.54, 1.807) is 6.92 Å². The van der Waals surface area contributed by atoms with Crippen LogP contribution in [0, 0.1) is 17.8 Å². The second-order valence-electron chi connectivity index (χ2n) is 7.96. The Kier molecular flexibility index (Phi) is 12.6. The minimum atomic E-state index is 0.319. The van der Waals surface area contributed by atoms with Crippen molar-refractivity contribution in [1.29, 1.82) is 0 Å². The average molecular weight is 309 g/mol. The Bertz CT molecular complexity index is 314. The van der Waals surface area contributed by atoms with Crippen molar-refractivity contribution in [2.24, 2.45) is 17.8 Å². The van der Waals surface area contributed by atoms with E-state index >= 15 is 0 Å². The third kappa shape index (κ3) is 14.4. The molecule has 130 valence electrons. The van der Waals surface area contributed by atoms with E-state index in [4.69, 9.17) is 0 Å².